The molecule has 202 valence electrons. The van der Waals surface area contributed by atoms with Crippen LogP contribution in [0.3, 0.4) is 0 Å². The van der Waals surface area contributed by atoms with Gasteiger partial charge in [-0.05, 0) is 47.3 Å². The van der Waals surface area contributed by atoms with E-state index in [-0.39, 0.29) is 46.5 Å². The molecular weight excluding hydrogens is 588 g/mol. The van der Waals surface area contributed by atoms with Crippen molar-refractivity contribution >= 4 is 28.9 Å². The van der Waals surface area contributed by atoms with Crippen LogP contribution in [0.25, 0.3) is 0 Å². The normalized spacial score (nSPS) is 22.0. The molecule has 11 heteroatoms. The van der Waals surface area contributed by atoms with Gasteiger partial charge in [0.05, 0.1) is 30.2 Å². The Morgan fingerprint density at radius 1 is 1.00 bits per heavy atom. The van der Waals surface area contributed by atoms with E-state index in [2.05, 4.69) is 0 Å². The number of hydrogen-bond donors (Lipinski definition) is 0. The average molecular weight is 613 g/mol. The van der Waals surface area contributed by atoms with Gasteiger partial charge in [0.15, 0.2) is 23.6 Å². The van der Waals surface area contributed by atoms with Crippen LogP contribution in [0.15, 0.2) is 53.9 Å². The van der Waals surface area contributed by atoms with Crippen LogP contribution in [0.2, 0.25) is 0 Å². The van der Waals surface area contributed by atoms with Gasteiger partial charge in [0, 0.05) is 18.8 Å². The quantitative estimate of drug-likeness (QED) is 0.178. The van der Waals surface area contributed by atoms with Crippen LogP contribution in [0.4, 0.5) is 28.0 Å². The van der Waals surface area contributed by atoms with Crippen molar-refractivity contribution in [1.29, 1.82) is 0 Å². The molecule has 2 bridgehead atoms. The summed E-state index contributed by atoms with van der Waals surface area (Å²) in [6.07, 6.45) is 0.315. The van der Waals surface area contributed by atoms with E-state index in [1.54, 1.807) is 6.07 Å². The summed E-state index contributed by atoms with van der Waals surface area (Å²) in [6, 6.07) is 10.4. The summed E-state index contributed by atoms with van der Waals surface area (Å²) >= 11 is 1.40. The first-order chi connectivity index (χ1) is 17.7. The highest BCUT2D eigenvalue weighted by atomic mass is 79.9. The largest absolute Gasteiger partial charge is 1.00 e. The van der Waals surface area contributed by atoms with Crippen LogP contribution in [0.1, 0.15) is 28.1 Å². The van der Waals surface area contributed by atoms with E-state index in [1.165, 1.54) is 29.5 Å². The van der Waals surface area contributed by atoms with E-state index in [0.717, 1.165) is 49.0 Å². The molecule has 1 aromatic heterocycles. The van der Waals surface area contributed by atoms with Gasteiger partial charge in [-0.25, -0.2) is 22.4 Å². The van der Waals surface area contributed by atoms with Crippen LogP contribution in [0, 0.1) is 29.2 Å². The number of amides is 1. The number of ether oxygens (including phenoxy) is 1. The van der Waals surface area contributed by atoms with E-state index in [9.17, 15) is 27.2 Å². The van der Waals surface area contributed by atoms with Crippen molar-refractivity contribution in [3.8, 4) is 0 Å². The maximum absolute atomic E-state index is 14.0. The molecule has 0 radical (unpaired) electrons. The Morgan fingerprint density at radius 2 is 1.71 bits per heavy atom. The highest BCUT2D eigenvalue weighted by molar-refractivity contribution is 7.12. The third-order valence-electron chi connectivity index (χ3n) is 7.29. The van der Waals surface area contributed by atoms with E-state index >= 15 is 0 Å². The van der Waals surface area contributed by atoms with Crippen LogP contribution in [-0.4, -0.2) is 48.6 Å². The van der Waals surface area contributed by atoms with Crippen LogP contribution < -0.4 is 21.9 Å². The minimum absolute atomic E-state index is 0. The molecule has 5 nitrogen and oxygen atoms in total. The predicted molar refractivity (Wildman–Crippen MR) is 130 cm³/mol. The summed E-state index contributed by atoms with van der Waals surface area (Å²) in [4.78, 5) is 28.0. The predicted octanol–water partition coefficient (Wildman–Crippen LogP) is 2.94. The Balaban J connectivity index is 0.00000336. The van der Waals surface area contributed by atoms with Crippen molar-refractivity contribution in [1.82, 2.24) is 0 Å². The number of anilines is 1. The van der Waals surface area contributed by atoms with E-state index in [1.807, 2.05) is 11.4 Å². The second-order valence-corrected chi connectivity index (χ2v) is 10.7. The Morgan fingerprint density at radius 3 is 2.34 bits per heavy atom. The minimum Gasteiger partial charge on any atom is -1.00 e. The Labute approximate surface area is 232 Å². The molecule has 0 spiro atoms. The van der Waals surface area contributed by atoms with E-state index in [0.29, 0.717) is 22.4 Å². The van der Waals surface area contributed by atoms with Crippen LogP contribution >= 0.6 is 11.3 Å². The van der Waals surface area contributed by atoms with Crippen molar-refractivity contribution in [3.05, 3.63) is 87.6 Å². The molecule has 0 N–H and O–H groups in total. The molecule has 0 aliphatic carbocycles. The van der Waals surface area contributed by atoms with Gasteiger partial charge in [-0.15, -0.1) is 11.3 Å². The number of hydrogen-bond acceptors (Lipinski definition) is 4. The molecule has 3 fully saturated rings. The minimum atomic E-state index is -1.61. The number of benzene rings is 2. The molecule has 3 saturated heterocycles. The molecule has 1 amide bonds. The first-order valence-corrected chi connectivity index (χ1v) is 12.9. The second-order valence-electron chi connectivity index (χ2n) is 9.73. The number of nitrogens with zero attached hydrogens (tertiary/aromatic N) is 2. The number of thiophene rings is 1. The van der Waals surface area contributed by atoms with Crippen molar-refractivity contribution in [2.24, 2.45) is 5.92 Å². The Hall–Kier alpha value is -2.76. The number of halogens is 5. The average Bonchev–Trinajstić information content (AvgIpc) is 3.41. The number of fused-ring (bicyclic) bond motifs is 3. The standard InChI is InChI=1S/C27H25F4N2O3S.BrH/c28-19-3-1-4-20(13-19)32(14-17-11-21(29)26(31)22(30)12-17)27(35)36-24-16-33(8-6-18(24)7-9-33)15-23(34)25-5-2-10-37-25;/h1-5,10-13,18,24H,6-9,14-16H2;1H/q+1;/p-1/t18?,24-,33?;/m0./s1. The molecule has 1 atom stereocenters. The fourth-order valence-electron chi connectivity index (χ4n) is 5.38. The maximum atomic E-state index is 14.0. The molecule has 4 heterocycles. The lowest BCUT2D eigenvalue weighted by Crippen LogP contribution is -3.00. The first-order valence-electron chi connectivity index (χ1n) is 12.0. The third-order valence-corrected chi connectivity index (χ3v) is 8.20. The molecular formula is C27H25BrF4N2O3S. The molecule has 3 aliphatic heterocycles. The van der Waals surface area contributed by atoms with Gasteiger partial charge in [-0.1, -0.05) is 12.1 Å². The lowest BCUT2D eigenvalue weighted by atomic mass is 9.83. The highest BCUT2D eigenvalue weighted by Gasteiger charge is 2.49. The topological polar surface area (TPSA) is 46.6 Å². The fraction of sp³-hybridized carbons (Fsp3) is 0.333. The van der Waals surface area contributed by atoms with Crippen molar-refractivity contribution in [2.75, 3.05) is 31.1 Å². The fourth-order valence-corrected chi connectivity index (χ4v) is 6.03. The zero-order valence-electron chi connectivity index (χ0n) is 20.2. The molecule has 6 rings (SSSR count). The van der Waals surface area contributed by atoms with Crippen molar-refractivity contribution < 1.29 is 53.4 Å². The van der Waals surface area contributed by atoms with Gasteiger partial charge < -0.3 is 26.2 Å². The smallest absolute Gasteiger partial charge is 0.415 e. The zero-order valence-corrected chi connectivity index (χ0v) is 22.6. The second kappa shape index (κ2) is 11.5. The Kier molecular flexibility index (Phi) is 8.59. The molecule has 38 heavy (non-hydrogen) atoms. The summed E-state index contributed by atoms with van der Waals surface area (Å²) in [5, 5.41) is 1.86. The number of carbonyl (C=O) groups is 2. The molecule has 3 aliphatic rings. The summed E-state index contributed by atoms with van der Waals surface area (Å²) in [5.74, 6) is -4.81. The lowest BCUT2D eigenvalue weighted by Gasteiger charge is -2.51. The summed E-state index contributed by atoms with van der Waals surface area (Å²) in [6.45, 7) is 2.08. The first kappa shape index (κ1) is 28.3. The number of piperidine rings is 3. The van der Waals surface area contributed by atoms with Gasteiger partial charge in [-0.3, -0.25) is 9.69 Å². The number of quaternary nitrogens is 1. The van der Waals surface area contributed by atoms with Gasteiger partial charge in [0.2, 0.25) is 5.78 Å². The lowest BCUT2D eigenvalue weighted by molar-refractivity contribution is -0.938. The van der Waals surface area contributed by atoms with Crippen molar-refractivity contribution in [3.63, 3.8) is 0 Å². The van der Waals surface area contributed by atoms with E-state index < -0.39 is 35.5 Å². The Bertz CT molecular complexity index is 1290. The van der Waals surface area contributed by atoms with E-state index in [4.69, 9.17) is 4.74 Å². The van der Waals surface area contributed by atoms with Gasteiger partial charge >= 0.3 is 6.09 Å². The number of Topliss-reactive ketones (excluding diaryl/α,β-unsaturated/α-hetero) is 1. The van der Waals surface area contributed by atoms with Gasteiger partial charge in [0.25, 0.3) is 0 Å². The number of carbonyl (C=O) groups excluding carboxylic acids is 2. The molecule has 0 saturated carbocycles. The highest BCUT2D eigenvalue weighted by Crippen LogP contribution is 2.36. The van der Waals surface area contributed by atoms with Crippen LogP contribution in [-0.2, 0) is 11.3 Å². The third kappa shape index (κ3) is 5.94. The molecule has 0 unspecified atom stereocenters. The SMILES string of the molecule is O=C(C[N+]12CCC(CC1)[C@@H](OC(=O)N(Cc1cc(F)c(F)c(F)c1)c1cccc(F)c1)C2)c1cccs1.[Br-]. The molecule has 2 aromatic carbocycles. The zero-order chi connectivity index (χ0) is 26.2. The van der Waals surface area contributed by atoms with Gasteiger partial charge in [0.1, 0.15) is 18.9 Å². The van der Waals surface area contributed by atoms with Gasteiger partial charge in [-0.2, -0.15) is 0 Å². The molecule has 3 aromatic rings. The maximum Gasteiger partial charge on any atom is 0.415 e. The number of rotatable bonds is 7. The summed E-state index contributed by atoms with van der Waals surface area (Å²) in [7, 11) is 0. The monoisotopic (exact) mass is 612 g/mol. The summed E-state index contributed by atoms with van der Waals surface area (Å²) < 4.78 is 61.6. The van der Waals surface area contributed by atoms with Crippen LogP contribution in [0.5, 0.6) is 0 Å². The number of ketones is 1. The van der Waals surface area contributed by atoms with Crippen molar-refractivity contribution in [2.45, 2.75) is 25.5 Å². The summed E-state index contributed by atoms with van der Waals surface area (Å²) in [5.41, 5.74) is 0.116.